The van der Waals surface area contributed by atoms with Gasteiger partial charge in [-0.1, -0.05) is 0 Å². The summed E-state index contributed by atoms with van der Waals surface area (Å²) < 4.78 is 2.49. The molecular formula is C13H15BrN4O. The molecule has 0 aliphatic heterocycles. The van der Waals surface area contributed by atoms with Crippen molar-refractivity contribution in [2.75, 3.05) is 11.1 Å². The van der Waals surface area contributed by atoms with Crippen molar-refractivity contribution in [1.82, 2.24) is 9.78 Å². The second-order valence-corrected chi connectivity index (χ2v) is 5.35. The van der Waals surface area contributed by atoms with E-state index in [4.69, 9.17) is 5.73 Å². The number of nitrogens with two attached hydrogens (primary N) is 1. The highest BCUT2D eigenvalue weighted by Gasteiger charge is 2.12. The molecule has 2 aromatic rings. The van der Waals surface area contributed by atoms with Gasteiger partial charge in [-0.25, -0.2) is 0 Å². The first-order valence-corrected chi connectivity index (χ1v) is 6.67. The number of carbonyl (C=O) groups is 1. The third-order valence-corrected chi connectivity index (χ3v) is 3.32. The molecule has 0 unspecified atom stereocenters. The first-order valence-electron chi connectivity index (χ1n) is 5.88. The second kappa shape index (κ2) is 5.44. The van der Waals surface area contributed by atoms with Crippen LogP contribution in [0.25, 0.3) is 0 Å². The van der Waals surface area contributed by atoms with Crippen molar-refractivity contribution in [2.24, 2.45) is 0 Å². The van der Waals surface area contributed by atoms with Crippen LogP contribution in [0.4, 0.5) is 11.4 Å². The van der Waals surface area contributed by atoms with Crippen LogP contribution in [-0.4, -0.2) is 15.7 Å². The minimum atomic E-state index is -0.220. The molecule has 100 valence electrons. The Labute approximate surface area is 119 Å². The van der Waals surface area contributed by atoms with Gasteiger partial charge in [0, 0.05) is 22.4 Å². The summed E-state index contributed by atoms with van der Waals surface area (Å²) in [5.74, 6) is -0.220. The number of carbonyl (C=O) groups excluding carboxylic acids is 1. The number of benzene rings is 1. The van der Waals surface area contributed by atoms with E-state index in [-0.39, 0.29) is 11.9 Å². The molecule has 1 aromatic heterocycles. The predicted octanol–water partition coefficient (Wildman–Crippen LogP) is 3.06. The highest BCUT2D eigenvalue weighted by atomic mass is 79.9. The fourth-order valence-electron chi connectivity index (χ4n) is 1.60. The van der Waals surface area contributed by atoms with Gasteiger partial charge in [0.2, 0.25) is 0 Å². The number of aromatic nitrogens is 2. The zero-order valence-corrected chi connectivity index (χ0v) is 12.3. The Morgan fingerprint density at radius 2 is 2.21 bits per heavy atom. The van der Waals surface area contributed by atoms with Gasteiger partial charge in [-0.3, -0.25) is 9.48 Å². The lowest BCUT2D eigenvalue weighted by atomic mass is 10.2. The van der Waals surface area contributed by atoms with Crippen LogP contribution in [0.15, 0.2) is 35.1 Å². The Kier molecular flexibility index (Phi) is 3.90. The van der Waals surface area contributed by atoms with Gasteiger partial charge in [-0.2, -0.15) is 5.10 Å². The number of halogens is 1. The van der Waals surface area contributed by atoms with Crippen LogP contribution in [0.1, 0.15) is 30.2 Å². The van der Waals surface area contributed by atoms with Crippen molar-refractivity contribution < 1.29 is 4.79 Å². The van der Waals surface area contributed by atoms with Gasteiger partial charge < -0.3 is 11.1 Å². The van der Waals surface area contributed by atoms with Crippen molar-refractivity contribution in [3.8, 4) is 0 Å². The minimum absolute atomic E-state index is 0.220. The van der Waals surface area contributed by atoms with Crippen molar-refractivity contribution in [1.29, 1.82) is 0 Å². The number of anilines is 2. The average Bonchev–Trinajstić information content (AvgIpc) is 2.80. The number of rotatable bonds is 3. The standard InChI is InChI=1S/C13H15BrN4O/c1-8(2)18-7-10(6-16-18)17-13(19)11-5-9(15)3-4-12(11)14/h3-8H,15H2,1-2H3,(H,17,19). The summed E-state index contributed by atoms with van der Waals surface area (Å²) in [7, 11) is 0. The Morgan fingerprint density at radius 1 is 1.47 bits per heavy atom. The fraction of sp³-hybridized carbons (Fsp3) is 0.231. The fourth-order valence-corrected chi connectivity index (χ4v) is 2.03. The van der Waals surface area contributed by atoms with E-state index in [9.17, 15) is 4.79 Å². The predicted molar refractivity (Wildman–Crippen MR) is 79.1 cm³/mol. The summed E-state index contributed by atoms with van der Waals surface area (Å²) in [6.07, 6.45) is 3.42. The molecule has 0 spiro atoms. The summed E-state index contributed by atoms with van der Waals surface area (Å²) in [5, 5.41) is 6.96. The van der Waals surface area contributed by atoms with Crippen LogP contribution in [0.5, 0.6) is 0 Å². The van der Waals surface area contributed by atoms with Crippen molar-refractivity contribution in [3.05, 3.63) is 40.6 Å². The zero-order valence-electron chi connectivity index (χ0n) is 10.7. The molecule has 0 radical (unpaired) electrons. The van der Waals surface area contributed by atoms with Crippen LogP contribution in [-0.2, 0) is 0 Å². The molecule has 3 N–H and O–H groups in total. The second-order valence-electron chi connectivity index (χ2n) is 4.50. The monoisotopic (exact) mass is 322 g/mol. The first-order chi connectivity index (χ1) is 8.97. The van der Waals surface area contributed by atoms with Crippen LogP contribution >= 0.6 is 15.9 Å². The zero-order chi connectivity index (χ0) is 14.0. The summed E-state index contributed by atoms with van der Waals surface area (Å²) >= 11 is 3.34. The molecular weight excluding hydrogens is 308 g/mol. The van der Waals surface area contributed by atoms with Crippen molar-refractivity contribution in [3.63, 3.8) is 0 Å². The Morgan fingerprint density at radius 3 is 2.84 bits per heavy atom. The number of hydrogen-bond acceptors (Lipinski definition) is 3. The lowest BCUT2D eigenvalue weighted by Crippen LogP contribution is -2.12. The number of amides is 1. The summed E-state index contributed by atoms with van der Waals surface area (Å²) in [6.45, 7) is 4.04. The van der Waals surface area contributed by atoms with Crippen molar-refractivity contribution in [2.45, 2.75) is 19.9 Å². The molecule has 1 aromatic carbocycles. The number of nitrogens with one attached hydrogen (secondary N) is 1. The number of nitrogens with zero attached hydrogens (tertiary/aromatic N) is 2. The van der Waals surface area contributed by atoms with Gasteiger partial charge >= 0.3 is 0 Å². The van der Waals surface area contributed by atoms with E-state index in [0.29, 0.717) is 21.4 Å². The highest BCUT2D eigenvalue weighted by Crippen LogP contribution is 2.21. The molecule has 6 heteroatoms. The summed E-state index contributed by atoms with van der Waals surface area (Å²) in [4.78, 5) is 12.1. The van der Waals surface area contributed by atoms with E-state index < -0.39 is 0 Å². The number of hydrogen-bond donors (Lipinski definition) is 2. The average molecular weight is 323 g/mol. The van der Waals surface area contributed by atoms with E-state index in [1.807, 2.05) is 13.8 Å². The smallest absolute Gasteiger partial charge is 0.256 e. The summed E-state index contributed by atoms with van der Waals surface area (Å²) in [6, 6.07) is 5.37. The molecule has 0 bridgehead atoms. The van der Waals surface area contributed by atoms with E-state index in [1.165, 1.54) is 0 Å². The van der Waals surface area contributed by atoms with Crippen LogP contribution < -0.4 is 11.1 Å². The molecule has 0 saturated carbocycles. The van der Waals surface area contributed by atoms with Gasteiger partial charge in [0.1, 0.15) is 0 Å². The molecule has 0 aliphatic carbocycles. The van der Waals surface area contributed by atoms with Gasteiger partial charge in [0.05, 0.1) is 17.4 Å². The number of nitrogen functional groups attached to an aromatic ring is 1. The first kappa shape index (κ1) is 13.6. The molecule has 0 saturated heterocycles. The van der Waals surface area contributed by atoms with Crippen molar-refractivity contribution >= 4 is 33.2 Å². The van der Waals surface area contributed by atoms with Gasteiger partial charge in [-0.05, 0) is 48.0 Å². The van der Waals surface area contributed by atoms with E-state index in [1.54, 1.807) is 35.3 Å². The maximum absolute atomic E-state index is 12.1. The topological polar surface area (TPSA) is 72.9 Å². The Bertz CT molecular complexity index is 606. The van der Waals surface area contributed by atoms with Gasteiger partial charge in [-0.15, -0.1) is 0 Å². The maximum Gasteiger partial charge on any atom is 0.256 e. The largest absolute Gasteiger partial charge is 0.399 e. The van der Waals surface area contributed by atoms with Gasteiger partial charge in [0.15, 0.2) is 0 Å². The normalized spacial score (nSPS) is 10.7. The lowest BCUT2D eigenvalue weighted by molar-refractivity contribution is 0.102. The SMILES string of the molecule is CC(C)n1cc(NC(=O)c2cc(N)ccc2Br)cn1. The minimum Gasteiger partial charge on any atom is -0.399 e. The lowest BCUT2D eigenvalue weighted by Gasteiger charge is -2.06. The molecule has 1 heterocycles. The third-order valence-electron chi connectivity index (χ3n) is 2.62. The van der Waals surface area contributed by atoms with E-state index in [2.05, 4.69) is 26.3 Å². The van der Waals surface area contributed by atoms with E-state index in [0.717, 1.165) is 0 Å². The molecule has 0 atom stereocenters. The molecule has 5 nitrogen and oxygen atoms in total. The molecule has 0 aliphatic rings. The van der Waals surface area contributed by atoms with Crippen LogP contribution in [0, 0.1) is 0 Å². The Hall–Kier alpha value is -1.82. The maximum atomic E-state index is 12.1. The highest BCUT2D eigenvalue weighted by molar-refractivity contribution is 9.10. The molecule has 2 rings (SSSR count). The summed E-state index contributed by atoms with van der Waals surface area (Å²) in [5.41, 5.74) is 7.39. The van der Waals surface area contributed by atoms with E-state index >= 15 is 0 Å². The molecule has 19 heavy (non-hydrogen) atoms. The quantitative estimate of drug-likeness (QED) is 0.853. The van der Waals surface area contributed by atoms with Crippen LogP contribution in [0.2, 0.25) is 0 Å². The third kappa shape index (κ3) is 3.14. The molecule has 1 amide bonds. The van der Waals surface area contributed by atoms with Gasteiger partial charge in [0.25, 0.3) is 5.91 Å². The van der Waals surface area contributed by atoms with Crippen LogP contribution in [0.3, 0.4) is 0 Å². The molecule has 0 fully saturated rings. The Balaban J connectivity index is 2.18.